The van der Waals surface area contributed by atoms with Gasteiger partial charge in [0.2, 0.25) is 44.4 Å². The molecule has 109 heavy (non-hydrogen) atoms. The molecule has 5 aromatic carbocycles. The summed E-state index contributed by atoms with van der Waals surface area (Å²) >= 11 is 30.2. The molecule has 0 bridgehead atoms. The average molecular weight is 1960 g/mol. The van der Waals surface area contributed by atoms with E-state index in [2.05, 4.69) is 50.9 Å². The van der Waals surface area contributed by atoms with E-state index in [0.717, 1.165) is 73.7 Å². The number of hydrogen-bond acceptors (Lipinski definition) is 28. The van der Waals surface area contributed by atoms with Crippen molar-refractivity contribution in [3.63, 3.8) is 0 Å². The van der Waals surface area contributed by atoms with Crippen molar-refractivity contribution in [2.45, 2.75) is 103 Å². The Bertz CT molecular complexity index is 4890. The van der Waals surface area contributed by atoms with Crippen molar-refractivity contribution in [3.05, 3.63) is 227 Å². The molecule has 0 saturated carbocycles. The van der Waals surface area contributed by atoms with Crippen LogP contribution in [0.15, 0.2) is 242 Å². The van der Waals surface area contributed by atoms with Gasteiger partial charge in [-0.3, -0.25) is 4.79 Å². The van der Waals surface area contributed by atoms with Crippen molar-refractivity contribution in [1.29, 1.82) is 0 Å². The third kappa shape index (κ3) is 37.2. The maximum atomic E-state index is 12.5. The number of rotatable bonds is 23. The van der Waals surface area contributed by atoms with Crippen molar-refractivity contribution in [3.8, 4) is 0 Å². The molecule has 5 heterocycles. The van der Waals surface area contributed by atoms with Crippen molar-refractivity contribution in [1.82, 2.24) is 0 Å². The molecule has 5 aromatic heterocycles. The smallest absolute Gasteiger partial charge is 1.00 e. The van der Waals surface area contributed by atoms with Crippen LogP contribution in [0.3, 0.4) is 0 Å². The summed E-state index contributed by atoms with van der Waals surface area (Å²) < 4.78 is 149. The number of thioether (sulfide) groups is 1. The van der Waals surface area contributed by atoms with E-state index in [4.69, 9.17) is 66.0 Å². The quantitative estimate of drug-likeness (QED) is 0.00598. The van der Waals surface area contributed by atoms with Crippen LogP contribution in [-0.4, -0.2) is 127 Å². The van der Waals surface area contributed by atoms with Crippen LogP contribution in [-0.2, 0) is 94.5 Å². The molecule has 0 amide bonds. The van der Waals surface area contributed by atoms with Gasteiger partial charge in [-0.15, -0.1) is 106 Å². The van der Waals surface area contributed by atoms with E-state index in [1.807, 2.05) is 63.2 Å². The van der Waals surface area contributed by atoms with Gasteiger partial charge in [0.05, 0.1) is 77.7 Å². The van der Waals surface area contributed by atoms with Gasteiger partial charge in [0.25, 0.3) is 6.47 Å². The maximum Gasteiger partial charge on any atom is 1.00 e. The molecule has 0 unspecified atom stereocenters. The van der Waals surface area contributed by atoms with Crippen LogP contribution in [0, 0.1) is 6.57 Å². The zero-order valence-corrected chi connectivity index (χ0v) is 81.1. The average Bonchev–Trinajstić information content (AvgIpc) is 1.49. The summed E-state index contributed by atoms with van der Waals surface area (Å²) in [6.07, 6.45) is 2.45. The molecule has 6 N–H and O–H groups in total. The van der Waals surface area contributed by atoms with Crippen LogP contribution >= 0.6 is 158 Å². The van der Waals surface area contributed by atoms with E-state index in [1.165, 1.54) is 124 Å². The number of halogens is 5. The Kier molecular flexibility index (Phi) is 56.9. The van der Waals surface area contributed by atoms with E-state index in [0.29, 0.717) is 29.8 Å². The van der Waals surface area contributed by atoms with E-state index in [-0.39, 0.29) is 194 Å². The standard InChI is InChI=1S/C14H16O5S3.C14H16O3S3.C13H15NO5S3.C12H11ClO2S2.C6H5ClS.C5H2BrNS.C2H6OS.CH2O3.2ClH.2K.H/c1-2-11-3-8-14(20-11)22(18,19)13-6-4-12(5-7-13)21(16,17)10-9-15;1-2-11-5-8-14(19-11)20(16,17)13-6-3-12(4-7-13)18-10-9-15;14-9-10-1-6-13(20-10)22(18,19)12-4-2-11(3-5-12)21(16,17)8-7-15;1-2-10-5-8-12(16-10)17(14,15)11-6-3-9(13)4-7-11;7-5-1-3-6(8)4-2-5;1-7-5-3-2-4(6)8-5;3-1-2-4;2-1-4-3;;;;;/h3-8,15H,2,9-10H2,1H3;3-8,15H,2,9-10H2,1H3;1-6,15H,7-9,14H2;3-8H,2H2,1H3;1-4,8H;2-3H;3-4H,1-2H2;1,3H;2*1H;;;/q;;;;;;;;;;2*+1;-1/p-1. The predicted octanol–water partition coefficient (Wildman–Crippen LogP) is 8.74. The first-order valence-electron chi connectivity index (χ1n) is 30.2. The number of carbonyl (C=O) groups excluding carboxylic acids is 1. The number of thiophene rings is 5. The van der Waals surface area contributed by atoms with Crippen molar-refractivity contribution in [2.75, 3.05) is 49.4 Å². The SMILES string of the molecule is CCc1ccc(S(=O)(=O)c2ccc(Cl)cc2)s1.CCc1ccc(S(=O)(=O)c2ccc(S(=O)(=O)CCO)cc2)s1.CCc1ccc(S(=O)(=O)c2ccc(SCCO)cc2)s1.Cl.Cl.NCc1ccc(S(=O)(=O)c2ccc(S(=O)(=O)CCO)cc2)s1.O=CO[O-].OCCS.Sc1ccc(Cl)cc1.[C-]#[N+]c1ccc(Br)s1.[H-].[K+].[K+]. The topological polar surface area (TPSA) is 366 Å². The summed E-state index contributed by atoms with van der Waals surface area (Å²) in [5.74, 6) is 0.393. The van der Waals surface area contributed by atoms with E-state index >= 15 is 0 Å². The summed E-state index contributed by atoms with van der Waals surface area (Å²) in [6.45, 7) is 11.9. The molecule has 21 nitrogen and oxygen atoms in total. The van der Waals surface area contributed by atoms with E-state index in [9.17, 15) is 50.5 Å². The summed E-state index contributed by atoms with van der Waals surface area (Å²) in [6, 6.07) is 47.6. The van der Waals surface area contributed by atoms with Crippen molar-refractivity contribution >= 4 is 228 Å². The van der Waals surface area contributed by atoms with Gasteiger partial charge in [0.15, 0.2) is 19.7 Å². The molecule has 0 saturated heterocycles. The molecule has 42 heteroatoms. The number of benzene rings is 5. The van der Waals surface area contributed by atoms with E-state index in [1.54, 1.807) is 72.8 Å². The fourth-order valence-corrected chi connectivity index (χ4v) is 22.6. The van der Waals surface area contributed by atoms with Crippen LogP contribution < -0.4 is 114 Å². The van der Waals surface area contributed by atoms with Gasteiger partial charge in [-0.05, 0) is 217 Å². The normalized spacial score (nSPS) is 10.8. The summed E-state index contributed by atoms with van der Waals surface area (Å²) in [4.78, 5) is 20.9. The van der Waals surface area contributed by atoms with Gasteiger partial charge in [0, 0.05) is 57.4 Å². The number of nitrogens with two attached hydrogens (primary N) is 1. The molecule has 0 radical (unpaired) electrons. The minimum atomic E-state index is -3.68. The zero-order valence-electron chi connectivity index (χ0n) is 59.6. The van der Waals surface area contributed by atoms with Gasteiger partial charge in [0.1, 0.15) is 16.8 Å². The van der Waals surface area contributed by atoms with Crippen LogP contribution in [0.2, 0.25) is 10.0 Å². The Morgan fingerprint density at radius 2 is 0.789 bits per heavy atom. The fourth-order valence-electron chi connectivity index (χ4n) is 7.58. The Hall–Kier alpha value is -1.02. The van der Waals surface area contributed by atoms with Gasteiger partial charge in [-0.25, -0.2) is 55.4 Å². The number of aryl methyl sites for hydroxylation is 3. The first kappa shape index (κ1) is 110. The van der Waals surface area contributed by atoms with Crippen molar-refractivity contribution in [2.24, 2.45) is 5.73 Å². The van der Waals surface area contributed by atoms with Crippen LogP contribution in [0.4, 0.5) is 5.00 Å². The van der Waals surface area contributed by atoms with E-state index < -0.39 is 78.0 Å². The molecular formula is C67H75BrCl4K2N2O19S14. The number of thiol groups is 2. The number of aliphatic hydroxyl groups is 4. The summed E-state index contributed by atoms with van der Waals surface area (Å²) in [5.41, 5.74) is 5.47. The minimum Gasteiger partial charge on any atom is -1.00 e. The summed E-state index contributed by atoms with van der Waals surface area (Å²) in [5, 5.41) is 44.5. The molecule has 0 aliphatic heterocycles. The second kappa shape index (κ2) is 56.4. The number of sulfone groups is 6. The van der Waals surface area contributed by atoms with Crippen LogP contribution in [0.5, 0.6) is 0 Å². The Morgan fingerprint density at radius 3 is 1.02 bits per heavy atom. The second-order valence-electron chi connectivity index (χ2n) is 20.0. The molecule has 0 fully saturated rings. The first-order chi connectivity index (χ1) is 49.7. The second-order valence-corrected chi connectivity index (χ2v) is 43.0. The van der Waals surface area contributed by atoms with Gasteiger partial charge >= 0.3 is 103 Å². The zero-order chi connectivity index (χ0) is 78.6. The first-order valence-corrected chi connectivity index (χ1v) is 47.1. The summed E-state index contributed by atoms with van der Waals surface area (Å²) in [7, 11) is -21.3. The van der Waals surface area contributed by atoms with Crippen LogP contribution in [0.25, 0.3) is 4.85 Å². The minimum absolute atomic E-state index is 0. The van der Waals surface area contributed by atoms with Gasteiger partial charge in [-0.1, -0.05) is 44.0 Å². The number of aliphatic hydroxyl groups excluding tert-OH is 4. The maximum absolute atomic E-state index is 12.5. The largest absolute Gasteiger partial charge is 1.00 e. The third-order valence-corrected chi connectivity index (χ3v) is 33.6. The Balaban J connectivity index is -0.00000124. The van der Waals surface area contributed by atoms with Crippen molar-refractivity contribution < 1.29 is 190 Å². The number of hydrogen-bond donors (Lipinski definition) is 7. The Labute approximate surface area is 790 Å². The fraction of sp³-hybridized carbons (Fsp3) is 0.224. The third-order valence-electron chi connectivity index (χ3n) is 12.8. The Morgan fingerprint density at radius 1 is 0.495 bits per heavy atom. The van der Waals surface area contributed by atoms with Crippen LogP contribution in [0.1, 0.15) is 41.7 Å². The van der Waals surface area contributed by atoms with Gasteiger partial charge < -0.3 is 37.7 Å². The molecule has 0 atom stereocenters. The predicted molar refractivity (Wildman–Crippen MR) is 443 cm³/mol. The molecule has 0 spiro atoms. The monoisotopic (exact) mass is 1960 g/mol. The molecule has 588 valence electrons. The van der Waals surface area contributed by atoms with Gasteiger partial charge in [-0.2, -0.15) is 12.6 Å². The number of carbonyl (C=O) groups is 1. The number of nitrogens with zero attached hydrogens (tertiary/aromatic N) is 1. The molecular weight excluding hydrogens is 1890 g/mol. The molecule has 10 rings (SSSR count). The molecule has 10 aromatic rings. The molecule has 0 aliphatic carbocycles. The molecule has 0 aliphatic rings.